The molecular weight excluding hydrogens is 228 g/mol. The molecule has 1 aromatic rings. The minimum absolute atomic E-state index is 0.0942. The van der Waals surface area contributed by atoms with Gasteiger partial charge in [-0.2, -0.15) is 0 Å². The minimum Gasteiger partial charge on any atom is -0.496 e. The van der Waals surface area contributed by atoms with Gasteiger partial charge in [0, 0.05) is 26.2 Å². The van der Waals surface area contributed by atoms with E-state index in [9.17, 15) is 5.11 Å². The zero-order valence-electron chi connectivity index (χ0n) is 11.1. The number of ether oxygens (including phenoxy) is 1. The summed E-state index contributed by atoms with van der Waals surface area (Å²) in [6.07, 6.45) is 0. The van der Waals surface area contributed by atoms with Gasteiger partial charge >= 0.3 is 0 Å². The second-order valence-electron chi connectivity index (χ2n) is 4.71. The number of hydrogen-bond donors (Lipinski definition) is 2. The highest BCUT2D eigenvalue weighted by Gasteiger charge is 2.21. The number of nitrogens with zero attached hydrogens (tertiary/aromatic N) is 1. The Bertz CT molecular complexity index is 389. The zero-order valence-corrected chi connectivity index (χ0v) is 11.1. The van der Waals surface area contributed by atoms with E-state index in [0.29, 0.717) is 0 Å². The Hall–Kier alpha value is -1.10. The minimum atomic E-state index is 0.0942. The summed E-state index contributed by atoms with van der Waals surface area (Å²) in [5, 5.41) is 13.0. The zero-order chi connectivity index (χ0) is 13.0. The van der Waals surface area contributed by atoms with Gasteiger partial charge in [-0.15, -0.1) is 0 Å². The molecule has 4 nitrogen and oxygen atoms in total. The summed E-state index contributed by atoms with van der Waals surface area (Å²) in [6, 6.07) is 6.24. The molecule has 100 valence electrons. The fourth-order valence-electron chi connectivity index (χ4n) is 2.53. The molecule has 0 spiro atoms. The van der Waals surface area contributed by atoms with Gasteiger partial charge < -0.3 is 15.2 Å². The van der Waals surface area contributed by atoms with Crippen LogP contribution in [0.15, 0.2) is 18.2 Å². The quantitative estimate of drug-likeness (QED) is 0.835. The molecule has 0 amide bonds. The molecule has 1 aromatic carbocycles. The first-order valence-corrected chi connectivity index (χ1v) is 6.46. The van der Waals surface area contributed by atoms with Crippen LogP contribution in [0, 0.1) is 6.92 Å². The molecule has 2 N–H and O–H groups in total. The van der Waals surface area contributed by atoms with E-state index in [0.717, 1.165) is 43.1 Å². The lowest BCUT2D eigenvalue weighted by atomic mass is 10.0. The van der Waals surface area contributed by atoms with Crippen LogP contribution >= 0.6 is 0 Å². The van der Waals surface area contributed by atoms with Crippen molar-refractivity contribution in [2.45, 2.75) is 13.0 Å². The SMILES string of the molecule is COc1ccc([C@@H](CO)N2CCNCC2)cc1C. The average Bonchev–Trinajstić information content (AvgIpc) is 2.41. The van der Waals surface area contributed by atoms with Crippen LogP contribution in [0.1, 0.15) is 17.2 Å². The van der Waals surface area contributed by atoms with Gasteiger partial charge in [0.2, 0.25) is 0 Å². The van der Waals surface area contributed by atoms with Gasteiger partial charge in [0.1, 0.15) is 5.75 Å². The molecule has 0 bridgehead atoms. The number of aliphatic hydroxyl groups is 1. The fraction of sp³-hybridized carbons (Fsp3) is 0.571. The molecule has 0 aliphatic carbocycles. The molecule has 4 heteroatoms. The Kier molecular flexibility index (Phi) is 4.58. The summed E-state index contributed by atoms with van der Waals surface area (Å²) in [6.45, 7) is 6.14. The van der Waals surface area contributed by atoms with Gasteiger partial charge in [0.05, 0.1) is 19.8 Å². The third-order valence-corrected chi connectivity index (χ3v) is 3.57. The number of methoxy groups -OCH3 is 1. The van der Waals surface area contributed by atoms with Gasteiger partial charge in [-0.05, 0) is 24.1 Å². The summed E-state index contributed by atoms with van der Waals surface area (Å²) >= 11 is 0. The van der Waals surface area contributed by atoms with Crippen LogP contribution in [0.3, 0.4) is 0 Å². The second kappa shape index (κ2) is 6.18. The lowest BCUT2D eigenvalue weighted by molar-refractivity contribution is 0.111. The van der Waals surface area contributed by atoms with E-state index >= 15 is 0 Å². The maximum absolute atomic E-state index is 9.66. The molecular formula is C14H22N2O2. The van der Waals surface area contributed by atoms with E-state index in [4.69, 9.17) is 4.74 Å². The van der Waals surface area contributed by atoms with Gasteiger partial charge in [0.25, 0.3) is 0 Å². The predicted molar refractivity (Wildman–Crippen MR) is 72.0 cm³/mol. The lowest BCUT2D eigenvalue weighted by Gasteiger charge is -2.34. The van der Waals surface area contributed by atoms with E-state index < -0.39 is 0 Å². The van der Waals surface area contributed by atoms with Gasteiger partial charge in [0.15, 0.2) is 0 Å². The molecule has 1 heterocycles. The Morgan fingerprint density at radius 2 is 2.11 bits per heavy atom. The summed E-state index contributed by atoms with van der Waals surface area (Å²) in [5.41, 5.74) is 2.28. The fourth-order valence-corrected chi connectivity index (χ4v) is 2.53. The number of nitrogens with one attached hydrogen (secondary N) is 1. The first-order valence-electron chi connectivity index (χ1n) is 6.46. The molecule has 1 saturated heterocycles. The lowest BCUT2D eigenvalue weighted by Crippen LogP contribution is -2.46. The van der Waals surface area contributed by atoms with E-state index in [2.05, 4.69) is 22.3 Å². The number of benzene rings is 1. The number of aryl methyl sites for hydroxylation is 1. The largest absolute Gasteiger partial charge is 0.496 e. The van der Waals surface area contributed by atoms with Crippen molar-refractivity contribution < 1.29 is 9.84 Å². The van der Waals surface area contributed by atoms with Gasteiger partial charge in [-0.1, -0.05) is 12.1 Å². The third-order valence-electron chi connectivity index (χ3n) is 3.57. The Morgan fingerprint density at radius 3 is 2.67 bits per heavy atom. The Morgan fingerprint density at radius 1 is 1.39 bits per heavy atom. The normalized spacial score (nSPS) is 18.6. The number of hydrogen-bond acceptors (Lipinski definition) is 4. The van der Waals surface area contributed by atoms with Crippen LogP contribution in [-0.2, 0) is 0 Å². The van der Waals surface area contributed by atoms with Crippen molar-refractivity contribution in [2.24, 2.45) is 0 Å². The van der Waals surface area contributed by atoms with E-state index in [1.165, 1.54) is 0 Å². The summed E-state index contributed by atoms with van der Waals surface area (Å²) < 4.78 is 5.27. The van der Waals surface area contributed by atoms with Crippen molar-refractivity contribution in [3.63, 3.8) is 0 Å². The maximum Gasteiger partial charge on any atom is 0.121 e. The summed E-state index contributed by atoms with van der Waals surface area (Å²) in [5.74, 6) is 0.899. The molecule has 0 saturated carbocycles. The Balaban J connectivity index is 2.18. The highest BCUT2D eigenvalue weighted by Crippen LogP contribution is 2.26. The van der Waals surface area contributed by atoms with Crippen LogP contribution in [0.2, 0.25) is 0 Å². The molecule has 18 heavy (non-hydrogen) atoms. The van der Waals surface area contributed by atoms with Crippen molar-refractivity contribution in [3.8, 4) is 5.75 Å². The van der Waals surface area contributed by atoms with Crippen molar-refractivity contribution >= 4 is 0 Å². The maximum atomic E-state index is 9.66. The van der Waals surface area contributed by atoms with Crippen molar-refractivity contribution in [3.05, 3.63) is 29.3 Å². The molecule has 1 aliphatic heterocycles. The smallest absolute Gasteiger partial charge is 0.121 e. The van der Waals surface area contributed by atoms with Gasteiger partial charge in [-0.3, -0.25) is 4.90 Å². The average molecular weight is 250 g/mol. The van der Waals surface area contributed by atoms with Crippen LogP contribution < -0.4 is 10.1 Å². The summed E-state index contributed by atoms with van der Waals surface area (Å²) in [4.78, 5) is 2.33. The van der Waals surface area contributed by atoms with Crippen LogP contribution in [0.5, 0.6) is 5.75 Å². The molecule has 2 rings (SSSR count). The van der Waals surface area contributed by atoms with Gasteiger partial charge in [-0.25, -0.2) is 0 Å². The standard InChI is InChI=1S/C14H22N2O2/c1-11-9-12(3-4-14(11)18-2)13(10-17)16-7-5-15-6-8-16/h3-4,9,13,15,17H,5-8,10H2,1-2H3/t13-/m1/s1. The first-order chi connectivity index (χ1) is 8.76. The molecule has 0 aromatic heterocycles. The second-order valence-corrected chi connectivity index (χ2v) is 4.71. The van der Waals surface area contributed by atoms with Crippen molar-refractivity contribution in [2.75, 3.05) is 39.9 Å². The molecule has 1 aliphatic rings. The van der Waals surface area contributed by atoms with E-state index in [1.54, 1.807) is 7.11 Å². The number of piperazine rings is 1. The number of aliphatic hydroxyl groups excluding tert-OH is 1. The van der Waals surface area contributed by atoms with E-state index in [-0.39, 0.29) is 12.6 Å². The molecule has 1 fully saturated rings. The highest BCUT2D eigenvalue weighted by molar-refractivity contribution is 5.37. The molecule has 0 unspecified atom stereocenters. The van der Waals surface area contributed by atoms with Crippen LogP contribution in [0.4, 0.5) is 0 Å². The molecule has 0 radical (unpaired) electrons. The monoisotopic (exact) mass is 250 g/mol. The Labute approximate surface area is 109 Å². The third kappa shape index (κ3) is 2.83. The van der Waals surface area contributed by atoms with Crippen molar-refractivity contribution in [1.29, 1.82) is 0 Å². The first kappa shape index (κ1) is 13.3. The predicted octanol–water partition coefficient (Wildman–Crippen LogP) is 0.942. The topological polar surface area (TPSA) is 44.7 Å². The van der Waals surface area contributed by atoms with Crippen LogP contribution in [-0.4, -0.2) is 49.9 Å². The van der Waals surface area contributed by atoms with Crippen molar-refractivity contribution in [1.82, 2.24) is 10.2 Å². The highest BCUT2D eigenvalue weighted by atomic mass is 16.5. The number of rotatable bonds is 4. The molecule has 1 atom stereocenters. The van der Waals surface area contributed by atoms with Crippen LogP contribution in [0.25, 0.3) is 0 Å². The summed E-state index contributed by atoms with van der Waals surface area (Å²) in [7, 11) is 1.68. The van der Waals surface area contributed by atoms with E-state index in [1.807, 2.05) is 13.0 Å².